The molecule has 1 aromatic rings. The number of anilines is 1. The molecule has 3 rings (SSSR count). The smallest absolute Gasteiger partial charge is 0.224 e. The maximum absolute atomic E-state index is 12.4. The van der Waals surface area contributed by atoms with Gasteiger partial charge in [0, 0.05) is 70.5 Å². The summed E-state index contributed by atoms with van der Waals surface area (Å²) in [5.41, 5.74) is 2.63. The topological polar surface area (TPSA) is 38.8 Å². The third-order valence-electron chi connectivity index (χ3n) is 5.20. The van der Waals surface area contributed by atoms with Crippen LogP contribution in [0.25, 0.3) is 0 Å². The van der Waals surface area contributed by atoms with Crippen molar-refractivity contribution < 1.29 is 4.79 Å². The molecule has 24 heavy (non-hydrogen) atoms. The molecule has 5 heteroatoms. The fourth-order valence-corrected chi connectivity index (χ4v) is 3.66. The predicted octanol–water partition coefficient (Wildman–Crippen LogP) is 1.33. The van der Waals surface area contributed by atoms with Gasteiger partial charge in [-0.3, -0.25) is 9.69 Å². The molecule has 1 atom stereocenters. The number of carbonyl (C=O) groups excluding carboxylic acids is 1. The minimum absolute atomic E-state index is 0.310. The molecular weight excluding hydrogens is 300 g/mol. The minimum atomic E-state index is 0.310. The van der Waals surface area contributed by atoms with E-state index in [1.54, 1.807) is 0 Å². The van der Waals surface area contributed by atoms with E-state index in [-0.39, 0.29) is 0 Å². The lowest BCUT2D eigenvalue weighted by molar-refractivity contribution is -0.134. The van der Waals surface area contributed by atoms with Crippen molar-refractivity contribution in [3.05, 3.63) is 29.8 Å². The van der Waals surface area contributed by atoms with E-state index >= 15 is 0 Å². The van der Waals surface area contributed by atoms with Gasteiger partial charge in [0.25, 0.3) is 0 Å². The highest BCUT2D eigenvalue weighted by atomic mass is 16.2. The largest absolute Gasteiger partial charge is 0.369 e. The van der Waals surface area contributed by atoms with Gasteiger partial charge in [-0.05, 0) is 31.5 Å². The molecule has 1 amide bonds. The fraction of sp³-hybridized carbons (Fsp3) is 0.632. The number of carbonyl (C=O) groups is 1. The molecule has 0 aliphatic carbocycles. The summed E-state index contributed by atoms with van der Waals surface area (Å²) < 4.78 is 0. The summed E-state index contributed by atoms with van der Waals surface area (Å²) >= 11 is 0. The highest BCUT2D eigenvalue weighted by molar-refractivity contribution is 5.76. The summed E-state index contributed by atoms with van der Waals surface area (Å²) in [7, 11) is 0. The molecule has 0 radical (unpaired) electrons. The SMILES string of the molecule is Cc1cccc(N2CCN(CCC(=O)N3CCNC[C@H]3C)CC2)c1. The number of amides is 1. The summed E-state index contributed by atoms with van der Waals surface area (Å²) in [6.07, 6.45) is 0.648. The van der Waals surface area contributed by atoms with Crippen LogP contribution < -0.4 is 10.2 Å². The van der Waals surface area contributed by atoms with Crippen molar-refractivity contribution in [2.45, 2.75) is 26.3 Å². The van der Waals surface area contributed by atoms with Gasteiger partial charge >= 0.3 is 0 Å². The lowest BCUT2D eigenvalue weighted by Gasteiger charge is -2.37. The summed E-state index contributed by atoms with van der Waals surface area (Å²) in [6, 6.07) is 9.04. The molecule has 0 aromatic heterocycles. The number of nitrogens with zero attached hydrogens (tertiary/aromatic N) is 3. The highest BCUT2D eigenvalue weighted by Crippen LogP contribution is 2.18. The van der Waals surface area contributed by atoms with Crippen LogP contribution in [-0.2, 0) is 4.79 Å². The van der Waals surface area contributed by atoms with Gasteiger partial charge in [0.05, 0.1) is 0 Å². The standard InChI is InChI=1S/C19H30N4O/c1-16-4-3-5-18(14-16)22-12-10-21(11-13-22)8-6-19(24)23-9-7-20-15-17(23)2/h3-5,14,17,20H,6-13,15H2,1-2H3/t17-/m1/s1. The van der Waals surface area contributed by atoms with Crippen LogP contribution in [0, 0.1) is 6.92 Å². The van der Waals surface area contributed by atoms with Crippen LogP contribution in [0.5, 0.6) is 0 Å². The van der Waals surface area contributed by atoms with Gasteiger partial charge < -0.3 is 15.1 Å². The average molecular weight is 330 g/mol. The minimum Gasteiger partial charge on any atom is -0.369 e. The number of piperazine rings is 2. The number of rotatable bonds is 4. The molecule has 5 nitrogen and oxygen atoms in total. The zero-order valence-corrected chi connectivity index (χ0v) is 15.0. The monoisotopic (exact) mass is 330 g/mol. The van der Waals surface area contributed by atoms with Gasteiger partial charge in [-0.25, -0.2) is 0 Å². The second-order valence-corrected chi connectivity index (χ2v) is 7.06. The number of nitrogens with one attached hydrogen (secondary N) is 1. The predicted molar refractivity (Wildman–Crippen MR) is 98.5 cm³/mol. The van der Waals surface area contributed by atoms with Crippen molar-refractivity contribution in [2.75, 3.05) is 57.3 Å². The van der Waals surface area contributed by atoms with E-state index in [0.717, 1.165) is 52.4 Å². The first-order chi connectivity index (χ1) is 11.6. The third kappa shape index (κ3) is 4.28. The zero-order valence-electron chi connectivity index (χ0n) is 15.0. The maximum Gasteiger partial charge on any atom is 0.224 e. The normalized spacial score (nSPS) is 22.7. The maximum atomic E-state index is 12.4. The Balaban J connectivity index is 1.43. The Morgan fingerprint density at radius 2 is 2.00 bits per heavy atom. The molecule has 2 saturated heterocycles. The Hall–Kier alpha value is -1.59. The molecule has 0 unspecified atom stereocenters. The summed E-state index contributed by atoms with van der Waals surface area (Å²) in [6.45, 7) is 12.0. The van der Waals surface area contributed by atoms with E-state index in [9.17, 15) is 4.79 Å². The molecule has 1 aromatic carbocycles. The first-order valence-corrected chi connectivity index (χ1v) is 9.17. The van der Waals surface area contributed by atoms with E-state index < -0.39 is 0 Å². The quantitative estimate of drug-likeness (QED) is 0.904. The van der Waals surface area contributed by atoms with E-state index in [1.807, 2.05) is 4.90 Å². The lowest BCUT2D eigenvalue weighted by Crippen LogP contribution is -2.53. The van der Waals surface area contributed by atoms with Crippen LogP contribution in [0.2, 0.25) is 0 Å². The van der Waals surface area contributed by atoms with Crippen LogP contribution in [0.1, 0.15) is 18.9 Å². The van der Waals surface area contributed by atoms with E-state index in [1.165, 1.54) is 11.3 Å². The Morgan fingerprint density at radius 1 is 1.21 bits per heavy atom. The summed E-state index contributed by atoms with van der Waals surface area (Å²) in [5, 5.41) is 3.34. The van der Waals surface area contributed by atoms with Crippen LogP contribution >= 0.6 is 0 Å². The average Bonchev–Trinajstić information content (AvgIpc) is 2.60. The number of hydrogen-bond donors (Lipinski definition) is 1. The van der Waals surface area contributed by atoms with Gasteiger partial charge in [-0.15, -0.1) is 0 Å². The molecular formula is C19H30N4O. The molecule has 2 fully saturated rings. The second kappa shape index (κ2) is 7.99. The first-order valence-electron chi connectivity index (χ1n) is 9.17. The molecule has 2 aliphatic rings. The van der Waals surface area contributed by atoms with Crippen LogP contribution in [0.15, 0.2) is 24.3 Å². The highest BCUT2D eigenvalue weighted by Gasteiger charge is 2.24. The van der Waals surface area contributed by atoms with Crippen LogP contribution in [0.4, 0.5) is 5.69 Å². The third-order valence-corrected chi connectivity index (χ3v) is 5.20. The molecule has 1 N–H and O–H groups in total. The van der Waals surface area contributed by atoms with Gasteiger partial charge in [-0.1, -0.05) is 12.1 Å². The summed E-state index contributed by atoms with van der Waals surface area (Å²) in [4.78, 5) is 19.4. The van der Waals surface area contributed by atoms with E-state index in [4.69, 9.17) is 0 Å². The van der Waals surface area contributed by atoms with Gasteiger partial charge in [0.1, 0.15) is 0 Å². The van der Waals surface area contributed by atoms with Crippen LogP contribution in [0.3, 0.4) is 0 Å². The Bertz CT molecular complexity index is 554. The van der Waals surface area contributed by atoms with E-state index in [2.05, 4.69) is 53.2 Å². The molecule has 0 bridgehead atoms. The second-order valence-electron chi connectivity index (χ2n) is 7.06. The lowest BCUT2D eigenvalue weighted by atomic mass is 10.1. The Kier molecular flexibility index (Phi) is 5.74. The van der Waals surface area contributed by atoms with E-state index in [0.29, 0.717) is 18.4 Å². The van der Waals surface area contributed by atoms with Gasteiger partial charge in [0.2, 0.25) is 5.91 Å². The van der Waals surface area contributed by atoms with Gasteiger partial charge in [-0.2, -0.15) is 0 Å². The van der Waals surface area contributed by atoms with Crippen molar-refractivity contribution in [3.63, 3.8) is 0 Å². The Labute approximate surface area is 145 Å². The van der Waals surface area contributed by atoms with Crippen molar-refractivity contribution in [1.29, 1.82) is 0 Å². The zero-order chi connectivity index (χ0) is 16.9. The molecule has 0 spiro atoms. The number of hydrogen-bond acceptors (Lipinski definition) is 4. The first kappa shape index (κ1) is 17.2. The Morgan fingerprint density at radius 3 is 2.71 bits per heavy atom. The fourth-order valence-electron chi connectivity index (χ4n) is 3.66. The van der Waals surface area contributed by atoms with Crippen molar-refractivity contribution in [3.8, 4) is 0 Å². The molecule has 132 valence electrons. The molecule has 2 aliphatic heterocycles. The number of aryl methyl sites for hydroxylation is 1. The van der Waals surface area contributed by atoms with Crippen molar-refractivity contribution in [1.82, 2.24) is 15.1 Å². The number of benzene rings is 1. The van der Waals surface area contributed by atoms with Crippen molar-refractivity contribution in [2.24, 2.45) is 0 Å². The van der Waals surface area contributed by atoms with Crippen LogP contribution in [-0.4, -0.2) is 74.1 Å². The van der Waals surface area contributed by atoms with Gasteiger partial charge in [0.15, 0.2) is 0 Å². The summed E-state index contributed by atoms with van der Waals surface area (Å²) in [5.74, 6) is 0.310. The van der Waals surface area contributed by atoms with Crippen molar-refractivity contribution >= 4 is 11.6 Å². The molecule has 2 heterocycles. The molecule has 0 saturated carbocycles.